The summed E-state index contributed by atoms with van der Waals surface area (Å²) in [5.41, 5.74) is 6.70. The van der Waals surface area contributed by atoms with Crippen LogP contribution in [0.25, 0.3) is 0 Å². The molecule has 0 saturated heterocycles. The van der Waals surface area contributed by atoms with Gasteiger partial charge in [-0.25, -0.2) is 0 Å². The number of rotatable bonds is 4. The Hall–Kier alpha value is -1.19. The summed E-state index contributed by atoms with van der Waals surface area (Å²) < 4.78 is 10.4. The second-order valence-corrected chi connectivity index (χ2v) is 2.84. The molecular formula is C11H16ClNO2. The van der Waals surface area contributed by atoms with E-state index < -0.39 is 0 Å². The number of halogens is 1. The highest BCUT2D eigenvalue weighted by atomic mass is 35.5. The summed E-state index contributed by atoms with van der Waals surface area (Å²) in [4.78, 5) is 0. The lowest BCUT2D eigenvalue weighted by Gasteiger charge is -2.15. The molecule has 1 aromatic carbocycles. The summed E-state index contributed by atoms with van der Waals surface area (Å²) in [7, 11) is 3.21. The molecule has 0 radical (unpaired) electrons. The molecular weight excluding hydrogens is 214 g/mol. The Morgan fingerprint density at radius 1 is 1.27 bits per heavy atom. The van der Waals surface area contributed by atoms with Gasteiger partial charge in [0.1, 0.15) is 11.5 Å². The summed E-state index contributed by atoms with van der Waals surface area (Å²) in [6, 6.07) is 5.28. The highest BCUT2D eigenvalue weighted by Crippen LogP contribution is 2.32. The SMILES string of the molecule is C=C[C@@H](N)c1c(OC)cccc1OC.Cl. The molecule has 0 bridgehead atoms. The zero-order valence-electron chi connectivity index (χ0n) is 8.90. The van der Waals surface area contributed by atoms with E-state index in [0.717, 1.165) is 17.1 Å². The van der Waals surface area contributed by atoms with Crippen LogP contribution in [0.4, 0.5) is 0 Å². The topological polar surface area (TPSA) is 44.5 Å². The van der Waals surface area contributed by atoms with Crippen molar-refractivity contribution in [3.63, 3.8) is 0 Å². The number of ether oxygens (including phenoxy) is 2. The van der Waals surface area contributed by atoms with Gasteiger partial charge in [-0.2, -0.15) is 0 Å². The lowest BCUT2D eigenvalue weighted by Crippen LogP contribution is -2.10. The fraction of sp³-hybridized carbons (Fsp3) is 0.273. The van der Waals surface area contributed by atoms with Crippen LogP contribution in [0.1, 0.15) is 11.6 Å². The number of nitrogens with two attached hydrogens (primary N) is 1. The predicted octanol–water partition coefficient (Wildman–Crippen LogP) is 2.31. The molecule has 0 aliphatic carbocycles. The molecule has 0 fully saturated rings. The molecule has 1 atom stereocenters. The van der Waals surface area contributed by atoms with Gasteiger partial charge in [-0.05, 0) is 12.1 Å². The largest absolute Gasteiger partial charge is 0.496 e. The lowest BCUT2D eigenvalue weighted by atomic mass is 10.1. The highest BCUT2D eigenvalue weighted by molar-refractivity contribution is 5.85. The van der Waals surface area contributed by atoms with Gasteiger partial charge < -0.3 is 15.2 Å². The summed E-state index contributed by atoms with van der Waals surface area (Å²) >= 11 is 0. The third-order valence-electron chi connectivity index (χ3n) is 2.05. The van der Waals surface area contributed by atoms with Crippen molar-refractivity contribution in [2.45, 2.75) is 6.04 Å². The van der Waals surface area contributed by atoms with E-state index in [1.807, 2.05) is 18.2 Å². The molecule has 0 aliphatic heterocycles. The van der Waals surface area contributed by atoms with Crippen LogP contribution >= 0.6 is 12.4 Å². The zero-order valence-corrected chi connectivity index (χ0v) is 9.71. The lowest BCUT2D eigenvalue weighted by molar-refractivity contribution is 0.383. The molecule has 0 spiro atoms. The van der Waals surface area contributed by atoms with Crippen molar-refractivity contribution in [2.75, 3.05) is 14.2 Å². The van der Waals surface area contributed by atoms with Crippen LogP contribution in [0.3, 0.4) is 0 Å². The number of benzene rings is 1. The maximum Gasteiger partial charge on any atom is 0.127 e. The average molecular weight is 230 g/mol. The Labute approximate surface area is 96.3 Å². The third kappa shape index (κ3) is 2.88. The van der Waals surface area contributed by atoms with E-state index in [9.17, 15) is 0 Å². The molecule has 0 unspecified atom stereocenters. The first-order valence-electron chi connectivity index (χ1n) is 4.33. The highest BCUT2D eigenvalue weighted by Gasteiger charge is 2.14. The van der Waals surface area contributed by atoms with Crippen LogP contribution in [-0.4, -0.2) is 14.2 Å². The first-order chi connectivity index (χ1) is 6.74. The molecule has 84 valence electrons. The molecule has 0 aliphatic rings. The monoisotopic (exact) mass is 229 g/mol. The van der Waals surface area contributed by atoms with Gasteiger partial charge in [0.05, 0.1) is 25.8 Å². The van der Waals surface area contributed by atoms with Crippen LogP contribution in [0, 0.1) is 0 Å². The maximum atomic E-state index is 5.87. The second kappa shape index (κ2) is 6.32. The first kappa shape index (κ1) is 13.8. The minimum Gasteiger partial charge on any atom is -0.496 e. The molecule has 0 heterocycles. The standard InChI is InChI=1S/C11H15NO2.ClH/c1-4-8(12)11-9(13-2)6-5-7-10(11)14-3;/h4-8H,1,12H2,2-3H3;1H/t8-;/m1./s1. The predicted molar refractivity (Wildman–Crippen MR) is 63.9 cm³/mol. The smallest absolute Gasteiger partial charge is 0.127 e. The maximum absolute atomic E-state index is 5.87. The quantitative estimate of drug-likeness (QED) is 0.806. The third-order valence-corrected chi connectivity index (χ3v) is 2.05. The van der Waals surface area contributed by atoms with Crippen LogP contribution in [0.2, 0.25) is 0 Å². The van der Waals surface area contributed by atoms with E-state index >= 15 is 0 Å². The van der Waals surface area contributed by atoms with Gasteiger partial charge in [-0.1, -0.05) is 12.1 Å². The average Bonchev–Trinajstić information content (AvgIpc) is 2.26. The van der Waals surface area contributed by atoms with Crippen molar-refractivity contribution in [2.24, 2.45) is 5.73 Å². The van der Waals surface area contributed by atoms with Gasteiger partial charge in [0.15, 0.2) is 0 Å². The molecule has 1 aromatic rings. The zero-order chi connectivity index (χ0) is 10.6. The molecule has 1 rings (SSSR count). The molecule has 3 nitrogen and oxygen atoms in total. The van der Waals surface area contributed by atoms with Gasteiger partial charge in [0.25, 0.3) is 0 Å². The van der Waals surface area contributed by atoms with Gasteiger partial charge in [-0.15, -0.1) is 19.0 Å². The van der Waals surface area contributed by atoms with Crippen molar-refractivity contribution in [1.82, 2.24) is 0 Å². The van der Waals surface area contributed by atoms with Crippen LogP contribution < -0.4 is 15.2 Å². The number of methoxy groups -OCH3 is 2. The summed E-state index contributed by atoms with van der Waals surface area (Å²) in [5.74, 6) is 1.44. The second-order valence-electron chi connectivity index (χ2n) is 2.84. The van der Waals surface area contributed by atoms with E-state index in [4.69, 9.17) is 15.2 Å². The molecule has 0 saturated carbocycles. The van der Waals surface area contributed by atoms with Crippen molar-refractivity contribution in [3.05, 3.63) is 36.4 Å². The van der Waals surface area contributed by atoms with E-state index in [1.165, 1.54) is 0 Å². The minimum absolute atomic E-state index is 0. The fourth-order valence-electron chi connectivity index (χ4n) is 1.33. The fourth-order valence-corrected chi connectivity index (χ4v) is 1.33. The summed E-state index contributed by atoms with van der Waals surface area (Å²) in [5, 5.41) is 0. The Morgan fingerprint density at radius 3 is 2.07 bits per heavy atom. The Bertz CT molecular complexity index is 306. The molecule has 15 heavy (non-hydrogen) atoms. The number of hydrogen-bond acceptors (Lipinski definition) is 3. The van der Waals surface area contributed by atoms with Gasteiger partial charge in [0, 0.05) is 0 Å². The molecule has 0 amide bonds. The Kier molecular flexibility index (Phi) is 5.82. The van der Waals surface area contributed by atoms with Gasteiger partial charge >= 0.3 is 0 Å². The van der Waals surface area contributed by atoms with Crippen LogP contribution in [0.15, 0.2) is 30.9 Å². The van der Waals surface area contributed by atoms with Crippen molar-refractivity contribution in [1.29, 1.82) is 0 Å². The Morgan fingerprint density at radius 2 is 1.73 bits per heavy atom. The van der Waals surface area contributed by atoms with E-state index in [2.05, 4.69) is 6.58 Å². The van der Waals surface area contributed by atoms with Gasteiger partial charge in [-0.3, -0.25) is 0 Å². The summed E-state index contributed by atoms with van der Waals surface area (Å²) in [6.45, 7) is 3.65. The van der Waals surface area contributed by atoms with Crippen molar-refractivity contribution in [3.8, 4) is 11.5 Å². The van der Waals surface area contributed by atoms with E-state index in [1.54, 1.807) is 20.3 Å². The van der Waals surface area contributed by atoms with Crippen LogP contribution in [0.5, 0.6) is 11.5 Å². The minimum atomic E-state index is -0.277. The van der Waals surface area contributed by atoms with Crippen molar-refractivity contribution >= 4 is 12.4 Å². The first-order valence-corrected chi connectivity index (χ1v) is 4.33. The Balaban J connectivity index is 0.00000196. The normalized spacial score (nSPS) is 11.1. The van der Waals surface area contributed by atoms with E-state index in [-0.39, 0.29) is 18.4 Å². The molecule has 0 aromatic heterocycles. The van der Waals surface area contributed by atoms with Crippen LogP contribution in [-0.2, 0) is 0 Å². The number of hydrogen-bond donors (Lipinski definition) is 1. The summed E-state index contributed by atoms with van der Waals surface area (Å²) in [6.07, 6.45) is 1.65. The molecule has 2 N–H and O–H groups in total. The van der Waals surface area contributed by atoms with E-state index in [0.29, 0.717) is 0 Å². The van der Waals surface area contributed by atoms with Gasteiger partial charge in [0.2, 0.25) is 0 Å². The molecule has 4 heteroatoms. The van der Waals surface area contributed by atoms with Crippen molar-refractivity contribution < 1.29 is 9.47 Å².